The topological polar surface area (TPSA) is 38.3 Å². The monoisotopic (exact) mass is 269 g/mol. The maximum absolute atomic E-state index is 12.4. The van der Waals surface area contributed by atoms with Crippen molar-refractivity contribution in [1.29, 1.82) is 0 Å². The highest BCUT2D eigenvalue weighted by Crippen LogP contribution is 2.21. The Balaban J connectivity index is 2.25. The van der Waals surface area contributed by atoms with Gasteiger partial charge in [0.05, 0.1) is 12.7 Å². The Kier molecular flexibility index (Phi) is 4.41. The van der Waals surface area contributed by atoms with Crippen LogP contribution in [0.15, 0.2) is 42.5 Å². The van der Waals surface area contributed by atoms with Gasteiger partial charge in [0.15, 0.2) is 0 Å². The van der Waals surface area contributed by atoms with Gasteiger partial charge in [0.25, 0.3) is 5.91 Å². The first-order valence-corrected chi connectivity index (χ1v) is 6.69. The number of amides is 1. The summed E-state index contributed by atoms with van der Waals surface area (Å²) in [4.78, 5) is 12.4. The molecule has 0 fully saturated rings. The summed E-state index contributed by atoms with van der Waals surface area (Å²) in [5, 5.41) is 2.92. The molecule has 0 saturated carbocycles. The van der Waals surface area contributed by atoms with Gasteiger partial charge in [-0.15, -0.1) is 0 Å². The average molecular weight is 269 g/mol. The largest absolute Gasteiger partial charge is 0.496 e. The highest BCUT2D eigenvalue weighted by molar-refractivity contribution is 6.06. The summed E-state index contributed by atoms with van der Waals surface area (Å²) in [6.07, 6.45) is 0.942. The Labute approximate surface area is 119 Å². The first kappa shape index (κ1) is 14.1. The number of hydrogen-bond donors (Lipinski definition) is 1. The minimum Gasteiger partial charge on any atom is -0.496 e. The molecule has 1 N–H and O–H groups in total. The van der Waals surface area contributed by atoms with Crippen LogP contribution in [-0.4, -0.2) is 13.0 Å². The van der Waals surface area contributed by atoms with E-state index >= 15 is 0 Å². The Morgan fingerprint density at radius 1 is 1.20 bits per heavy atom. The van der Waals surface area contributed by atoms with Crippen LogP contribution in [0.5, 0.6) is 5.75 Å². The van der Waals surface area contributed by atoms with Gasteiger partial charge >= 0.3 is 0 Å². The van der Waals surface area contributed by atoms with Crippen LogP contribution in [0.3, 0.4) is 0 Å². The van der Waals surface area contributed by atoms with Gasteiger partial charge in [0.2, 0.25) is 0 Å². The number of nitrogens with one attached hydrogen (secondary N) is 1. The van der Waals surface area contributed by atoms with Crippen molar-refractivity contribution in [3.8, 4) is 5.75 Å². The third-order valence-electron chi connectivity index (χ3n) is 3.19. The molecule has 0 atom stereocenters. The van der Waals surface area contributed by atoms with E-state index in [0.29, 0.717) is 11.3 Å². The van der Waals surface area contributed by atoms with Gasteiger partial charge in [0, 0.05) is 5.69 Å². The van der Waals surface area contributed by atoms with Crippen LogP contribution in [0.2, 0.25) is 0 Å². The molecule has 0 saturated heterocycles. The van der Waals surface area contributed by atoms with Crippen LogP contribution in [0.25, 0.3) is 0 Å². The minimum atomic E-state index is -0.154. The molecule has 0 bridgehead atoms. The predicted molar refractivity (Wildman–Crippen MR) is 81.5 cm³/mol. The lowest BCUT2D eigenvalue weighted by molar-refractivity contribution is 0.102. The number of aryl methyl sites for hydroxylation is 2. The molecule has 2 aromatic rings. The van der Waals surface area contributed by atoms with Crippen molar-refractivity contribution >= 4 is 11.6 Å². The minimum absolute atomic E-state index is 0.154. The second kappa shape index (κ2) is 6.24. The van der Waals surface area contributed by atoms with Crippen molar-refractivity contribution in [1.82, 2.24) is 0 Å². The number of carbonyl (C=O) groups excluding carboxylic acids is 1. The van der Waals surface area contributed by atoms with E-state index in [1.54, 1.807) is 7.11 Å². The molecule has 0 aromatic heterocycles. The molecule has 1 amide bonds. The van der Waals surface area contributed by atoms with E-state index < -0.39 is 0 Å². The van der Waals surface area contributed by atoms with Crippen molar-refractivity contribution in [2.45, 2.75) is 20.3 Å². The van der Waals surface area contributed by atoms with Gasteiger partial charge in [-0.05, 0) is 43.2 Å². The number of anilines is 1. The van der Waals surface area contributed by atoms with Crippen molar-refractivity contribution in [3.63, 3.8) is 0 Å². The lowest BCUT2D eigenvalue weighted by Gasteiger charge is -2.11. The predicted octanol–water partition coefficient (Wildman–Crippen LogP) is 3.82. The van der Waals surface area contributed by atoms with Crippen molar-refractivity contribution in [3.05, 3.63) is 59.2 Å². The molecule has 0 aliphatic rings. The SMILES string of the molecule is CCc1cccc(NC(=O)c2cc(C)ccc2OC)c1. The van der Waals surface area contributed by atoms with Crippen molar-refractivity contribution < 1.29 is 9.53 Å². The number of carbonyl (C=O) groups is 1. The zero-order valence-electron chi connectivity index (χ0n) is 12.1. The third-order valence-corrected chi connectivity index (χ3v) is 3.19. The Hall–Kier alpha value is -2.29. The Morgan fingerprint density at radius 2 is 2.00 bits per heavy atom. The van der Waals surface area contributed by atoms with Crippen LogP contribution in [0.4, 0.5) is 5.69 Å². The summed E-state index contributed by atoms with van der Waals surface area (Å²) in [5.74, 6) is 0.429. The van der Waals surface area contributed by atoms with Gasteiger partial charge in [-0.25, -0.2) is 0 Å². The molecule has 2 rings (SSSR count). The quantitative estimate of drug-likeness (QED) is 0.916. The average Bonchev–Trinajstić information content (AvgIpc) is 2.47. The molecular weight excluding hydrogens is 250 g/mol. The molecule has 0 heterocycles. The summed E-state index contributed by atoms with van der Waals surface area (Å²) in [6.45, 7) is 4.04. The zero-order chi connectivity index (χ0) is 14.5. The molecule has 2 aromatic carbocycles. The van der Waals surface area contributed by atoms with Gasteiger partial charge in [-0.3, -0.25) is 4.79 Å². The molecule has 0 spiro atoms. The Bertz CT molecular complexity index is 620. The van der Waals surface area contributed by atoms with Crippen LogP contribution in [-0.2, 0) is 6.42 Å². The second-order valence-corrected chi connectivity index (χ2v) is 4.71. The number of hydrogen-bond acceptors (Lipinski definition) is 2. The third kappa shape index (κ3) is 3.18. The summed E-state index contributed by atoms with van der Waals surface area (Å²) in [7, 11) is 1.57. The van der Waals surface area contributed by atoms with E-state index in [0.717, 1.165) is 17.7 Å². The molecule has 104 valence electrons. The molecule has 3 heteroatoms. The fraction of sp³-hybridized carbons (Fsp3) is 0.235. The van der Waals surface area contributed by atoms with Gasteiger partial charge in [-0.1, -0.05) is 30.7 Å². The summed E-state index contributed by atoms with van der Waals surface area (Å²) in [5.41, 5.74) is 3.57. The maximum Gasteiger partial charge on any atom is 0.259 e. The van der Waals surface area contributed by atoms with Crippen LogP contribution >= 0.6 is 0 Å². The fourth-order valence-electron chi connectivity index (χ4n) is 2.07. The second-order valence-electron chi connectivity index (χ2n) is 4.71. The van der Waals surface area contributed by atoms with E-state index in [2.05, 4.69) is 12.2 Å². The summed E-state index contributed by atoms with van der Waals surface area (Å²) >= 11 is 0. The summed E-state index contributed by atoms with van der Waals surface area (Å²) < 4.78 is 5.24. The zero-order valence-corrected chi connectivity index (χ0v) is 12.1. The first-order chi connectivity index (χ1) is 9.63. The smallest absolute Gasteiger partial charge is 0.259 e. The molecule has 0 unspecified atom stereocenters. The Morgan fingerprint density at radius 3 is 2.70 bits per heavy atom. The van der Waals surface area contributed by atoms with Crippen molar-refractivity contribution in [2.24, 2.45) is 0 Å². The number of rotatable bonds is 4. The molecule has 3 nitrogen and oxygen atoms in total. The fourth-order valence-corrected chi connectivity index (χ4v) is 2.07. The maximum atomic E-state index is 12.4. The van der Waals surface area contributed by atoms with Gasteiger partial charge in [-0.2, -0.15) is 0 Å². The highest BCUT2D eigenvalue weighted by Gasteiger charge is 2.12. The van der Waals surface area contributed by atoms with Crippen LogP contribution in [0.1, 0.15) is 28.4 Å². The first-order valence-electron chi connectivity index (χ1n) is 6.69. The van der Waals surface area contributed by atoms with Gasteiger partial charge in [0.1, 0.15) is 5.75 Å². The van der Waals surface area contributed by atoms with E-state index in [-0.39, 0.29) is 5.91 Å². The molecule has 0 radical (unpaired) electrons. The number of methoxy groups -OCH3 is 1. The van der Waals surface area contributed by atoms with Crippen molar-refractivity contribution in [2.75, 3.05) is 12.4 Å². The van der Waals surface area contributed by atoms with E-state index in [4.69, 9.17) is 4.74 Å². The van der Waals surface area contributed by atoms with E-state index in [9.17, 15) is 4.79 Å². The summed E-state index contributed by atoms with van der Waals surface area (Å²) in [6, 6.07) is 13.4. The van der Waals surface area contributed by atoms with Crippen LogP contribution < -0.4 is 10.1 Å². The molecule has 0 aliphatic carbocycles. The van der Waals surface area contributed by atoms with E-state index in [1.165, 1.54) is 5.56 Å². The molecular formula is C17H19NO2. The van der Waals surface area contributed by atoms with Crippen LogP contribution in [0, 0.1) is 6.92 Å². The highest BCUT2D eigenvalue weighted by atomic mass is 16.5. The standard InChI is InChI=1S/C17H19NO2/c1-4-13-6-5-7-14(11-13)18-17(19)15-10-12(2)8-9-16(15)20-3/h5-11H,4H2,1-3H3,(H,18,19). The van der Waals surface area contributed by atoms with Gasteiger partial charge < -0.3 is 10.1 Å². The number of benzene rings is 2. The van der Waals surface area contributed by atoms with E-state index in [1.807, 2.05) is 49.4 Å². The molecule has 20 heavy (non-hydrogen) atoms. The lowest BCUT2D eigenvalue weighted by atomic mass is 10.1. The lowest BCUT2D eigenvalue weighted by Crippen LogP contribution is -2.13. The molecule has 0 aliphatic heterocycles. The number of ether oxygens (including phenoxy) is 1. The normalized spacial score (nSPS) is 10.2.